The van der Waals surface area contributed by atoms with Crippen LogP contribution in [-0.2, 0) is 13.5 Å². The fourth-order valence-corrected chi connectivity index (χ4v) is 2.19. The zero-order valence-corrected chi connectivity index (χ0v) is 11.9. The molecule has 0 aromatic carbocycles. The van der Waals surface area contributed by atoms with Gasteiger partial charge in [-0.05, 0) is 35.8 Å². The summed E-state index contributed by atoms with van der Waals surface area (Å²) in [5, 5.41) is 7.07. The van der Waals surface area contributed by atoms with Crippen LogP contribution in [-0.4, -0.2) is 28.8 Å². The summed E-state index contributed by atoms with van der Waals surface area (Å²) in [5.41, 5.74) is 1.63. The molecule has 1 N–H and O–H groups in total. The molecule has 0 fully saturated rings. The van der Waals surface area contributed by atoms with Gasteiger partial charge in [0.1, 0.15) is 0 Å². The summed E-state index contributed by atoms with van der Waals surface area (Å²) < 4.78 is 28.2. The molecule has 0 spiro atoms. The highest BCUT2D eigenvalue weighted by Gasteiger charge is 2.23. The van der Waals surface area contributed by atoms with Crippen LogP contribution >= 0.6 is 15.9 Å². The third-order valence-electron chi connectivity index (χ3n) is 2.64. The van der Waals surface area contributed by atoms with Crippen LogP contribution in [0.25, 0.3) is 0 Å². The van der Waals surface area contributed by atoms with Crippen molar-refractivity contribution in [2.24, 2.45) is 7.05 Å². The third-order valence-corrected chi connectivity index (χ3v) is 3.67. The van der Waals surface area contributed by atoms with Gasteiger partial charge in [-0.15, -0.1) is 0 Å². The minimum atomic E-state index is -2.37. The molecule has 0 saturated carbocycles. The predicted octanol–water partition coefficient (Wildman–Crippen LogP) is 2.67. The number of aromatic nitrogens is 2. The normalized spacial score (nSPS) is 13.4. The maximum Gasteiger partial charge on any atom is 0.254 e. The lowest BCUT2D eigenvalue weighted by Gasteiger charge is -2.17. The van der Waals surface area contributed by atoms with E-state index in [4.69, 9.17) is 0 Å². The Balaban J connectivity index is 2.78. The number of hydrogen-bond acceptors (Lipinski definition) is 2. The van der Waals surface area contributed by atoms with Crippen molar-refractivity contribution in [2.45, 2.75) is 39.2 Å². The van der Waals surface area contributed by atoms with Gasteiger partial charge in [0.05, 0.1) is 21.9 Å². The highest BCUT2D eigenvalue weighted by atomic mass is 79.9. The molecule has 98 valence electrons. The Kier molecular flexibility index (Phi) is 5.52. The summed E-state index contributed by atoms with van der Waals surface area (Å²) in [4.78, 5) is 0. The Morgan fingerprint density at radius 3 is 2.53 bits per heavy atom. The summed E-state index contributed by atoms with van der Waals surface area (Å²) in [7, 11) is 1.77. The van der Waals surface area contributed by atoms with Gasteiger partial charge in [-0.1, -0.05) is 6.92 Å². The number of halogens is 3. The lowest BCUT2D eigenvalue weighted by Crippen LogP contribution is -2.38. The van der Waals surface area contributed by atoms with Crippen molar-refractivity contribution < 1.29 is 8.78 Å². The molecule has 0 aliphatic heterocycles. The Morgan fingerprint density at radius 1 is 1.47 bits per heavy atom. The van der Waals surface area contributed by atoms with E-state index in [9.17, 15) is 8.78 Å². The number of alkyl halides is 2. The average Bonchev–Trinajstić information content (AvgIpc) is 2.49. The zero-order valence-electron chi connectivity index (χ0n) is 10.3. The molecule has 1 unspecified atom stereocenters. The molecule has 17 heavy (non-hydrogen) atoms. The van der Waals surface area contributed by atoms with Crippen LogP contribution in [0.2, 0.25) is 0 Å². The van der Waals surface area contributed by atoms with Crippen LogP contribution in [0.5, 0.6) is 0 Å². The van der Waals surface area contributed by atoms with Crippen LogP contribution < -0.4 is 5.32 Å². The van der Waals surface area contributed by atoms with Gasteiger partial charge in [0.15, 0.2) is 0 Å². The molecule has 0 saturated heterocycles. The first kappa shape index (κ1) is 14.6. The number of aryl methyl sites for hydroxylation is 2. The largest absolute Gasteiger partial charge is 0.309 e. The first-order chi connectivity index (χ1) is 7.97. The molecule has 6 heteroatoms. The minimum absolute atomic E-state index is 0.273. The SMILES string of the molecule is CCCNC(Cc1c(Br)c(C)nn1C)C(F)F. The quantitative estimate of drug-likeness (QED) is 0.875. The number of hydrogen-bond donors (Lipinski definition) is 1. The maximum atomic E-state index is 12.9. The second-order valence-corrected chi connectivity index (χ2v) is 4.86. The fraction of sp³-hybridized carbons (Fsp3) is 0.727. The molecule has 0 radical (unpaired) electrons. The topological polar surface area (TPSA) is 29.9 Å². The maximum absolute atomic E-state index is 12.9. The van der Waals surface area contributed by atoms with Crippen LogP contribution in [0.4, 0.5) is 8.78 Å². The molecule has 1 aromatic heterocycles. The number of nitrogens with zero attached hydrogens (tertiary/aromatic N) is 2. The summed E-state index contributed by atoms with van der Waals surface area (Å²) in [6, 6.07) is -0.818. The molecule has 1 rings (SSSR count). The lowest BCUT2D eigenvalue weighted by atomic mass is 10.1. The minimum Gasteiger partial charge on any atom is -0.309 e. The smallest absolute Gasteiger partial charge is 0.254 e. The van der Waals surface area contributed by atoms with E-state index in [0.29, 0.717) is 6.54 Å². The van der Waals surface area contributed by atoms with E-state index in [2.05, 4.69) is 26.3 Å². The zero-order chi connectivity index (χ0) is 13.0. The number of rotatable bonds is 6. The molecule has 1 aromatic rings. The summed E-state index contributed by atoms with van der Waals surface area (Å²) >= 11 is 3.39. The van der Waals surface area contributed by atoms with Crippen molar-refractivity contribution in [1.82, 2.24) is 15.1 Å². The van der Waals surface area contributed by atoms with Gasteiger partial charge in [0, 0.05) is 13.5 Å². The van der Waals surface area contributed by atoms with E-state index in [1.54, 1.807) is 11.7 Å². The molecule has 0 aliphatic rings. The predicted molar refractivity (Wildman–Crippen MR) is 67.4 cm³/mol. The van der Waals surface area contributed by atoms with Crippen molar-refractivity contribution in [3.63, 3.8) is 0 Å². The Bertz CT molecular complexity index is 366. The first-order valence-corrected chi connectivity index (χ1v) is 6.46. The van der Waals surface area contributed by atoms with Gasteiger partial charge in [-0.2, -0.15) is 5.10 Å². The Hall–Kier alpha value is -0.490. The lowest BCUT2D eigenvalue weighted by molar-refractivity contribution is 0.0973. The molecule has 3 nitrogen and oxygen atoms in total. The van der Waals surface area contributed by atoms with Crippen LogP contribution in [0.3, 0.4) is 0 Å². The van der Waals surface area contributed by atoms with Gasteiger partial charge in [-0.3, -0.25) is 4.68 Å². The van der Waals surface area contributed by atoms with Crippen molar-refractivity contribution in [1.29, 1.82) is 0 Å². The summed E-state index contributed by atoms with van der Waals surface area (Å²) in [5.74, 6) is 0. The summed E-state index contributed by atoms with van der Waals surface area (Å²) in [6.07, 6.45) is -1.26. The molecule has 0 bridgehead atoms. The second kappa shape index (κ2) is 6.44. The van der Waals surface area contributed by atoms with E-state index in [1.165, 1.54) is 0 Å². The van der Waals surface area contributed by atoms with Crippen LogP contribution in [0.15, 0.2) is 4.47 Å². The van der Waals surface area contributed by atoms with Crippen molar-refractivity contribution in [3.05, 3.63) is 15.9 Å². The van der Waals surface area contributed by atoms with Crippen molar-refractivity contribution in [2.75, 3.05) is 6.54 Å². The van der Waals surface area contributed by atoms with Gasteiger partial charge in [0.25, 0.3) is 6.43 Å². The highest BCUT2D eigenvalue weighted by Crippen LogP contribution is 2.22. The van der Waals surface area contributed by atoms with Gasteiger partial charge >= 0.3 is 0 Å². The van der Waals surface area contributed by atoms with E-state index in [0.717, 1.165) is 22.3 Å². The van der Waals surface area contributed by atoms with Crippen molar-refractivity contribution in [3.8, 4) is 0 Å². The van der Waals surface area contributed by atoms with E-state index in [1.807, 2.05) is 13.8 Å². The van der Waals surface area contributed by atoms with Gasteiger partial charge in [-0.25, -0.2) is 8.78 Å². The van der Waals surface area contributed by atoms with E-state index >= 15 is 0 Å². The molecule has 0 aliphatic carbocycles. The fourth-order valence-electron chi connectivity index (χ4n) is 1.69. The number of nitrogens with one attached hydrogen (secondary N) is 1. The highest BCUT2D eigenvalue weighted by molar-refractivity contribution is 9.10. The molecule has 1 heterocycles. The van der Waals surface area contributed by atoms with E-state index in [-0.39, 0.29) is 6.42 Å². The standard InChI is InChI=1S/C11H18BrF2N3/c1-4-5-15-8(11(13)14)6-9-10(12)7(2)16-17(9)3/h8,11,15H,4-6H2,1-3H3. The molecule has 0 amide bonds. The molecular weight excluding hydrogens is 292 g/mol. The third kappa shape index (κ3) is 3.74. The van der Waals surface area contributed by atoms with Crippen LogP contribution in [0, 0.1) is 6.92 Å². The Morgan fingerprint density at radius 2 is 2.12 bits per heavy atom. The second-order valence-electron chi connectivity index (χ2n) is 4.07. The van der Waals surface area contributed by atoms with Gasteiger partial charge in [0.2, 0.25) is 0 Å². The Labute approximate surface area is 109 Å². The summed E-state index contributed by atoms with van der Waals surface area (Å²) in [6.45, 7) is 4.41. The molecule has 1 atom stereocenters. The van der Waals surface area contributed by atoms with Crippen LogP contribution in [0.1, 0.15) is 24.7 Å². The van der Waals surface area contributed by atoms with E-state index < -0.39 is 12.5 Å². The van der Waals surface area contributed by atoms with Crippen molar-refractivity contribution >= 4 is 15.9 Å². The van der Waals surface area contributed by atoms with Gasteiger partial charge < -0.3 is 5.32 Å². The monoisotopic (exact) mass is 309 g/mol. The first-order valence-electron chi connectivity index (χ1n) is 5.66. The average molecular weight is 310 g/mol. The molecular formula is C11H18BrF2N3.